The minimum absolute atomic E-state index is 0.302. The van der Waals surface area contributed by atoms with Gasteiger partial charge in [0, 0.05) is 18.8 Å². The van der Waals surface area contributed by atoms with Crippen LogP contribution in [0.15, 0.2) is 12.2 Å². The summed E-state index contributed by atoms with van der Waals surface area (Å²) in [5.74, 6) is -0.302. The lowest BCUT2D eigenvalue weighted by Crippen LogP contribution is -2.51. The average molecular weight is 1990 g/mol. The molecule has 0 N–H and O–H groups in total. The van der Waals surface area contributed by atoms with E-state index in [4.69, 9.17) is 54.7 Å². The summed E-state index contributed by atoms with van der Waals surface area (Å²) in [6.07, 6.45) is 5.64. The molecule has 0 aromatic carbocycles. The minimum Gasteiger partial charge on any atom is -0.462 e. The van der Waals surface area contributed by atoms with Gasteiger partial charge in [0.25, 0.3) is 0 Å². The third-order valence-corrected chi connectivity index (χ3v) is 109. The Morgan fingerprint density at radius 1 is 0.191 bits per heavy atom. The van der Waals surface area contributed by atoms with Crippen LogP contribution in [0, 0.1) is 0 Å². The van der Waals surface area contributed by atoms with Gasteiger partial charge in [-0.15, -0.1) is 0 Å². The molecule has 0 saturated carbocycles. The van der Waals surface area contributed by atoms with Crippen molar-refractivity contribution >= 4 is 189 Å². The van der Waals surface area contributed by atoms with Crippen molar-refractivity contribution in [1.82, 2.24) is 0 Å². The van der Waals surface area contributed by atoms with Crippen LogP contribution in [0.3, 0.4) is 0 Å². The fraction of sp³-hybridized carbons (Fsp3) is 0.962. The molecule has 0 amide bonds. The van der Waals surface area contributed by atoms with Crippen LogP contribution in [0.1, 0.15) is 46.0 Å². The second-order valence-electron chi connectivity index (χ2n) is 49.3. The molecule has 0 fully saturated rings. The second-order valence-corrected chi connectivity index (χ2v) is 147. The lowest BCUT2D eigenvalue weighted by Gasteiger charge is -2.41. The maximum absolute atomic E-state index is 11.9. The first-order valence-electron chi connectivity index (χ1n) is 45.9. The van der Waals surface area contributed by atoms with Gasteiger partial charge in [0.05, 0.1) is 6.61 Å². The molecular formula is C79H200O14Si22. The van der Waals surface area contributed by atoms with E-state index in [1.165, 1.54) is 110 Å². The molecular weight excluding hydrogens is 1790 g/mol. The van der Waals surface area contributed by atoms with Crippen molar-refractivity contribution in [2.75, 3.05) is 19.8 Å². The molecule has 115 heavy (non-hydrogen) atoms. The van der Waals surface area contributed by atoms with Crippen LogP contribution in [-0.4, -0.2) is 209 Å². The van der Waals surface area contributed by atoms with Gasteiger partial charge in [0.2, 0.25) is 0 Å². The topological polar surface area (TPSA) is 137 Å². The lowest BCUT2D eigenvalue weighted by molar-refractivity contribution is -0.138. The zero-order valence-corrected chi connectivity index (χ0v) is 108. The van der Waals surface area contributed by atoms with Gasteiger partial charge < -0.3 is 54.7 Å². The molecule has 0 radical (unpaired) electrons. The quantitative estimate of drug-likeness (QED) is 0.0247. The Balaban J connectivity index is 5.34. The summed E-state index contributed by atoms with van der Waals surface area (Å²) in [5, 5.41) is 0. The highest BCUT2D eigenvalue weighted by molar-refractivity contribution is 6.95. The maximum atomic E-state index is 11.9. The molecule has 0 atom stereocenters. The van der Waals surface area contributed by atoms with Gasteiger partial charge in [0.15, 0.2) is 183 Å². The first-order chi connectivity index (χ1) is 50.7. The number of hydrogen-bond donors (Lipinski definition) is 0. The van der Waals surface area contributed by atoms with Crippen molar-refractivity contribution < 1.29 is 59.5 Å². The number of unbranched alkanes of at least 4 members (excludes halogenated alkanes) is 2. The van der Waals surface area contributed by atoms with Crippen molar-refractivity contribution in [3.05, 3.63) is 12.2 Å². The maximum Gasteiger partial charge on any atom is 0.333 e. The van der Waals surface area contributed by atoms with E-state index in [1.807, 2.05) is 0 Å². The summed E-state index contributed by atoms with van der Waals surface area (Å²) < 4.78 is 91.9. The molecule has 0 rings (SSSR count). The molecule has 0 aliphatic heterocycles. The highest BCUT2D eigenvalue weighted by Gasteiger charge is 2.48. The predicted molar refractivity (Wildman–Crippen MR) is 568 cm³/mol. The Bertz CT molecular complexity index is 2850. The summed E-state index contributed by atoms with van der Waals surface area (Å²) in [5.41, 5.74) is 0.452. The molecule has 0 bridgehead atoms. The highest BCUT2D eigenvalue weighted by Crippen LogP contribution is 2.40. The Labute approximate surface area is 740 Å². The lowest BCUT2D eigenvalue weighted by atomic mass is 10.3. The van der Waals surface area contributed by atoms with Crippen LogP contribution in [0.4, 0.5) is 0 Å². The number of esters is 1. The van der Waals surface area contributed by atoms with Gasteiger partial charge in [-0.1, -0.05) is 26.3 Å². The highest BCUT2D eigenvalue weighted by atomic mass is 28.5. The molecule has 0 spiro atoms. The van der Waals surface area contributed by atoms with Crippen molar-refractivity contribution in [3.8, 4) is 0 Å². The normalized spacial score (nSPS) is 15.2. The van der Waals surface area contributed by atoms with Crippen LogP contribution in [0.2, 0.25) is 421 Å². The van der Waals surface area contributed by atoms with Crippen LogP contribution in [-0.2, 0) is 59.5 Å². The van der Waals surface area contributed by atoms with Crippen molar-refractivity contribution in [2.24, 2.45) is 0 Å². The summed E-state index contributed by atoms with van der Waals surface area (Å²) in [4.78, 5) is 11.9. The van der Waals surface area contributed by atoms with Crippen LogP contribution in [0.25, 0.3) is 0 Å². The number of rotatable bonds is 65. The van der Waals surface area contributed by atoms with E-state index >= 15 is 0 Å². The van der Waals surface area contributed by atoms with Gasteiger partial charge in [-0.05, 0) is 447 Å². The van der Waals surface area contributed by atoms with Gasteiger partial charge in [-0.2, -0.15) is 0 Å². The Morgan fingerprint density at radius 2 is 0.313 bits per heavy atom. The van der Waals surface area contributed by atoms with Gasteiger partial charge in [-0.3, -0.25) is 0 Å². The van der Waals surface area contributed by atoms with Crippen LogP contribution in [0.5, 0.6) is 0 Å². The molecule has 0 saturated heterocycles. The van der Waals surface area contributed by atoms with Gasteiger partial charge >= 0.3 is 5.97 Å². The van der Waals surface area contributed by atoms with E-state index in [1.54, 1.807) is 6.92 Å². The summed E-state index contributed by atoms with van der Waals surface area (Å²) in [6.45, 7) is 118. The molecule has 0 aromatic rings. The third kappa shape index (κ3) is 60.1. The molecule has 0 aromatic heterocycles. The molecule has 36 heteroatoms. The largest absolute Gasteiger partial charge is 0.462 e. The SMILES string of the molecule is C=C(C)C(=O)OCCC[Si](C)(C)O[Si](C)(C)CC[Si](C)(C)O[Si](C)(C)CC[Si](C)(C)O[Si](C)(C)CC[Si](C)(C)O[Si](C)(C)CC[Si](C)(C)O[Si](C)(C)CC[Si](C)(C)O[Si](C)(C)CC[Si](C)(C)O[Si](C)(C)CC[Si](C)(C)O[Si](C)(C)CC[Si](C)(C)O[Si](C)(C)CC[Si](C)(C)O[Si](C)(C)CC[Si](C)(C)O[Si](C)(C)CCCOCCCCC. The zero-order chi connectivity index (χ0) is 90.6. The molecule has 0 unspecified atom stereocenters. The molecule has 688 valence electrons. The number of carbonyl (C=O) groups is 1. The standard InChI is InChI=1S/C79H200O14Si22/c1-48-49-50-53-81-54-51-56-94(4,5)83-96(8,9)58-60-98(12,13)85-100(16,17)62-64-102(20,21)87-104(24,25)66-68-106(28,29)89-108(32,33)70-72-110(36,37)91-112(40,41)74-76-114(44,45)93-115(46,47)77-75-113(42,43)92-111(38,39)73-71-109(34,35)90-107(30,31)69-67-105(26,27)88-103(22,23)65-63-101(18,19)86-99(14,15)61-59-97(10,11)84-95(6,7)57-52-55-82-79(80)78(2)3/h2,48-77H2,1,3-47H3. The predicted octanol–water partition coefficient (Wildman–Crippen LogP) is 29.8. The number of ether oxygens (including phenoxy) is 2. The van der Waals surface area contributed by atoms with Crippen LogP contribution < -0.4 is 0 Å². The molecule has 0 aliphatic rings. The van der Waals surface area contributed by atoms with Crippen LogP contribution >= 0.6 is 0 Å². The molecule has 0 aliphatic carbocycles. The van der Waals surface area contributed by atoms with Gasteiger partial charge in [-0.25, -0.2) is 4.79 Å². The van der Waals surface area contributed by atoms with E-state index < -0.39 is 183 Å². The summed E-state index contributed by atoms with van der Waals surface area (Å²) >= 11 is 0. The van der Waals surface area contributed by atoms with Gasteiger partial charge in [0.1, 0.15) is 0 Å². The first-order valence-corrected chi connectivity index (χ1v) is 114. The average Bonchev–Trinajstić information content (AvgIpc) is 0.812. The Morgan fingerprint density at radius 3 is 0.443 bits per heavy atom. The van der Waals surface area contributed by atoms with Crippen molar-refractivity contribution in [3.63, 3.8) is 0 Å². The third-order valence-electron chi connectivity index (χ3n) is 22.8. The van der Waals surface area contributed by atoms with E-state index in [0.717, 1.165) is 68.4 Å². The summed E-state index contributed by atoms with van der Waals surface area (Å²) in [6, 6.07) is 25.5. The minimum atomic E-state index is -1.96. The first kappa shape index (κ1) is 119. The van der Waals surface area contributed by atoms with Crippen molar-refractivity contribution in [1.29, 1.82) is 0 Å². The van der Waals surface area contributed by atoms with E-state index in [2.05, 4.69) is 302 Å². The van der Waals surface area contributed by atoms with Crippen molar-refractivity contribution in [2.45, 2.75) is 467 Å². The number of carbonyl (C=O) groups excluding carboxylic acids is 1. The Hall–Kier alpha value is 3.50. The van der Waals surface area contributed by atoms with E-state index in [0.29, 0.717) is 12.2 Å². The van der Waals surface area contributed by atoms with E-state index in [9.17, 15) is 4.79 Å². The fourth-order valence-electron chi connectivity index (χ4n) is 17.3. The van der Waals surface area contributed by atoms with E-state index in [-0.39, 0.29) is 5.97 Å². The second kappa shape index (κ2) is 46.8. The monoisotopic (exact) mass is 1990 g/mol. The molecule has 0 heterocycles. The Kier molecular flexibility index (Phi) is 48.3. The number of hydrogen-bond acceptors (Lipinski definition) is 14. The smallest absolute Gasteiger partial charge is 0.333 e. The molecule has 14 nitrogen and oxygen atoms in total. The fourth-order valence-corrected chi connectivity index (χ4v) is 142. The zero-order valence-electron chi connectivity index (χ0n) is 85.6. The summed E-state index contributed by atoms with van der Waals surface area (Å²) in [7, 11) is -42.2.